The van der Waals surface area contributed by atoms with Gasteiger partial charge >= 0.3 is 5.97 Å². The van der Waals surface area contributed by atoms with Gasteiger partial charge in [0.1, 0.15) is 6.04 Å². The number of carbonyl (C=O) groups excluding carboxylic acids is 1. The van der Waals surface area contributed by atoms with E-state index >= 15 is 0 Å². The van der Waals surface area contributed by atoms with E-state index in [0.717, 1.165) is 19.4 Å². The van der Waals surface area contributed by atoms with Gasteiger partial charge < -0.3 is 10.1 Å². The van der Waals surface area contributed by atoms with Gasteiger partial charge in [0.25, 0.3) is 0 Å². The predicted molar refractivity (Wildman–Crippen MR) is 62.8 cm³/mol. The Bertz CT molecular complexity index is 185. The fourth-order valence-electron chi connectivity index (χ4n) is 0.991. The molecule has 0 aliphatic carbocycles. The van der Waals surface area contributed by atoms with Crippen LogP contribution in [0, 0.1) is 5.41 Å². The maximum atomic E-state index is 11.5. The summed E-state index contributed by atoms with van der Waals surface area (Å²) in [6.07, 6.45) is 2.23. The van der Waals surface area contributed by atoms with Gasteiger partial charge in [-0.1, -0.05) is 34.1 Å². The molecule has 0 rings (SSSR count). The first kappa shape index (κ1) is 14.4. The molecular formula is C12H25NO2. The smallest absolute Gasteiger partial charge is 0.322 e. The molecule has 0 bridgehead atoms. The lowest BCUT2D eigenvalue weighted by Crippen LogP contribution is -2.37. The van der Waals surface area contributed by atoms with Crippen molar-refractivity contribution in [1.82, 2.24) is 5.32 Å². The number of carbonyl (C=O) groups is 1. The van der Waals surface area contributed by atoms with Gasteiger partial charge in [-0.2, -0.15) is 0 Å². The van der Waals surface area contributed by atoms with Crippen LogP contribution in [0.5, 0.6) is 0 Å². The maximum Gasteiger partial charge on any atom is 0.322 e. The summed E-state index contributed by atoms with van der Waals surface area (Å²) in [5.74, 6) is -0.152. The average Bonchev–Trinajstić information content (AvgIpc) is 2.13. The largest absolute Gasteiger partial charge is 0.464 e. The Balaban J connectivity index is 3.70. The molecule has 15 heavy (non-hydrogen) atoms. The van der Waals surface area contributed by atoms with E-state index in [9.17, 15) is 4.79 Å². The molecule has 90 valence electrons. The van der Waals surface area contributed by atoms with Gasteiger partial charge in [-0.05, 0) is 25.3 Å². The van der Waals surface area contributed by atoms with E-state index in [1.165, 1.54) is 0 Å². The van der Waals surface area contributed by atoms with Crippen molar-refractivity contribution in [3.8, 4) is 0 Å². The number of hydrogen-bond acceptors (Lipinski definition) is 3. The molecular weight excluding hydrogens is 190 g/mol. The lowest BCUT2D eigenvalue weighted by molar-refractivity contribution is -0.148. The van der Waals surface area contributed by atoms with Crippen LogP contribution in [0.25, 0.3) is 0 Å². The fraction of sp³-hybridized carbons (Fsp3) is 0.917. The van der Waals surface area contributed by atoms with Crippen molar-refractivity contribution in [3.05, 3.63) is 0 Å². The summed E-state index contributed by atoms with van der Waals surface area (Å²) in [5.41, 5.74) is 0.0405. The van der Waals surface area contributed by atoms with E-state index in [2.05, 4.69) is 33.0 Å². The molecule has 0 heterocycles. The number of nitrogens with one attached hydrogen (secondary N) is 1. The normalized spacial score (nSPS) is 13.7. The van der Waals surface area contributed by atoms with Crippen molar-refractivity contribution >= 4 is 5.97 Å². The molecule has 0 spiro atoms. The minimum Gasteiger partial charge on any atom is -0.464 e. The van der Waals surface area contributed by atoms with Crippen LogP contribution in [0.2, 0.25) is 0 Å². The minimum absolute atomic E-state index is 0.0405. The van der Waals surface area contributed by atoms with Gasteiger partial charge in [0.15, 0.2) is 0 Å². The second-order valence-corrected chi connectivity index (χ2v) is 5.20. The van der Waals surface area contributed by atoms with Gasteiger partial charge in [0.05, 0.1) is 6.61 Å². The number of unbranched alkanes of at least 4 members (excludes halogenated alkanes) is 1. The number of esters is 1. The summed E-state index contributed by atoms with van der Waals surface area (Å²) in [6, 6.07) is -0.195. The maximum absolute atomic E-state index is 11.5. The summed E-state index contributed by atoms with van der Waals surface area (Å²) in [5, 5.41) is 3.15. The number of hydrogen-bond donors (Lipinski definition) is 1. The van der Waals surface area contributed by atoms with E-state index < -0.39 is 0 Å². The summed E-state index contributed by atoms with van der Waals surface area (Å²) >= 11 is 0. The Kier molecular flexibility index (Phi) is 6.57. The summed E-state index contributed by atoms with van der Waals surface area (Å²) < 4.78 is 5.20. The Morgan fingerprint density at radius 1 is 1.40 bits per heavy atom. The molecule has 0 saturated heterocycles. The topological polar surface area (TPSA) is 38.3 Å². The second kappa shape index (κ2) is 6.83. The van der Waals surface area contributed by atoms with E-state index in [4.69, 9.17) is 4.74 Å². The zero-order valence-electron chi connectivity index (χ0n) is 10.7. The van der Waals surface area contributed by atoms with Crippen LogP contribution in [-0.4, -0.2) is 25.2 Å². The van der Waals surface area contributed by atoms with Crippen molar-refractivity contribution in [2.75, 3.05) is 13.2 Å². The summed E-state index contributed by atoms with van der Waals surface area (Å²) in [4.78, 5) is 11.5. The highest BCUT2D eigenvalue weighted by molar-refractivity contribution is 5.75. The molecule has 0 radical (unpaired) electrons. The molecule has 1 atom stereocenters. The van der Waals surface area contributed by atoms with Crippen molar-refractivity contribution in [2.45, 2.75) is 53.5 Å². The molecule has 0 amide bonds. The standard InChI is InChI=1S/C12H25NO2/c1-6-7-8-13-10(2)11(14)15-9-12(3,4)5/h10,13H,6-9H2,1-5H3. The first-order chi connectivity index (χ1) is 6.87. The highest BCUT2D eigenvalue weighted by atomic mass is 16.5. The van der Waals surface area contributed by atoms with Crippen LogP contribution in [-0.2, 0) is 9.53 Å². The van der Waals surface area contributed by atoms with Crippen molar-refractivity contribution < 1.29 is 9.53 Å². The molecule has 0 fully saturated rings. The Hall–Kier alpha value is -0.570. The zero-order valence-corrected chi connectivity index (χ0v) is 10.7. The van der Waals surface area contributed by atoms with Crippen LogP contribution in [0.3, 0.4) is 0 Å². The third-order valence-corrected chi connectivity index (χ3v) is 1.98. The quantitative estimate of drug-likeness (QED) is 0.546. The molecule has 3 heteroatoms. The first-order valence-electron chi connectivity index (χ1n) is 5.77. The predicted octanol–water partition coefficient (Wildman–Crippen LogP) is 2.35. The van der Waals surface area contributed by atoms with Gasteiger partial charge in [0.2, 0.25) is 0 Å². The molecule has 1 unspecified atom stereocenters. The molecule has 0 aliphatic rings. The van der Waals surface area contributed by atoms with Crippen LogP contribution >= 0.6 is 0 Å². The molecule has 0 saturated carbocycles. The van der Waals surface area contributed by atoms with Gasteiger partial charge in [-0.15, -0.1) is 0 Å². The van der Waals surface area contributed by atoms with E-state index in [-0.39, 0.29) is 17.4 Å². The number of ether oxygens (including phenoxy) is 1. The fourth-order valence-corrected chi connectivity index (χ4v) is 0.991. The second-order valence-electron chi connectivity index (χ2n) is 5.20. The molecule has 3 nitrogen and oxygen atoms in total. The van der Waals surface area contributed by atoms with E-state index in [1.807, 2.05) is 6.92 Å². The van der Waals surface area contributed by atoms with E-state index in [1.54, 1.807) is 0 Å². The van der Waals surface area contributed by atoms with Crippen LogP contribution in [0.1, 0.15) is 47.5 Å². The molecule has 1 N–H and O–H groups in total. The minimum atomic E-state index is -0.195. The van der Waals surface area contributed by atoms with Gasteiger partial charge in [0, 0.05) is 0 Å². The molecule has 0 aromatic carbocycles. The Labute approximate surface area is 93.6 Å². The Morgan fingerprint density at radius 3 is 2.47 bits per heavy atom. The lowest BCUT2D eigenvalue weighted by Gasteiger charge is -2.20. The third-order valence-electron chi connectivity index (χ3n) is 1.98. The van der Waals surface area contributed by atoms with Crippen molar-refractivity contribution in [1.29, 1.82) is 0 Å². The summed E-state index contributed by atoms with van der Waals surface area (Å²) in [6.45, 7) is 11.5. The highest BCUT2D eigenvalue weighted by Crippen LogP contribution is 2.13. The van der Waals surface area contributed by atoms with Crippen LogP contribution in [0.15, 0.2) is 0 Å². The van der Waals surface area contributed by atoms with Crippen LogP contribution < -0.4 is 5.32 Å². The molecule has 0 aromatic heterocycles. The highest BCUT2D eigenvalue weighted by Gasteiger charge is 2.17. The SMILES string of the molecule is CCCCNC(C)C(=O)OCC(C)(C)C. The lowest BCUT2D eigenvalue weighted by atomic mass is 9.99. The third kappa shape index (κ3) is 8.43. The molecule has 0 aliphatic heterocycles. The molecule has 0 aromatic rings. The number of rotatable bonds is 6. The first-order valence-corrected chi connectivity index (χ1v) is 5.77. The van der Waals surface area contributed by atoms with Crippen molar-refractivity contribution in [2.24, 2.45) is 5.41 Å². The summed E-state index contributed by atoms with van der Waals surface area (Å²) in [7, 11) is 0. The zero-order chi connectivity index (χ0) is 11.9. The monoisotopic (exact) mass is 215 g/mol. The van der Waals surface area contributed by atoms with E-state index in [0.29, 0.717) is 6.61 Å². The van der Waals surface area contributed by atoms with Gasteiger partial charge in [-0.3, -0.25) is 4.79 Å². The van der Waals surface area contributed by atoms with Crippen molar-refractivity contribution in [3.63, 3.8) is 0 Å². The average molecular weight is 215 g/mol. The van der Waals surface area contributed by atoms with Gasteiger partial charge in [-0.25, -0.2) is 0 Å². The Morgan fingerprint density at radius 2 is 2.00 bits per heavy atom. The van der Waals surface area contributed by atoms with Crippen LogP contribution in [0.4, 0.5) is 0 Å².